The third kappa shape index (κ3) is 8.62. The Balaban J connectivity index is 2.06. The van der Waals surface area contributed by atoms with Gasteiger partial charge >= 0.3 is 0 Å². The summed E-state index contributed by atoms with van der Waals surface area (Å²) in [4.78, 5) is 39.5. The number of amides is 2. The number of halogens is 1. The number of sulfonamides is 1. The van der Waals surface area contributed by atoms with Crippen LogP contribution in [0.2, 0.25) is 0 Å². The number of nitro groups is 1. The van der Waals surface area contributed by atoms with E-state index in [1.807, 2.05) is 55.5 Å². The van der Waals surface area contributed by atoms with E-state index in [0.29, 0.717) is 13.0 Å². The average molecular weight is 632 g/mol. The van der Waals surface area contributed by atoms with Gasteiger partial charge in [0.2, 0.25) is 21.8 Å². The smallest absolute Gasteiger partial charge is 0.271 e. The lowest BCUT2D eigenvalue weighted by atomic mass is 10.0. The highest BCUT2D eigenvalue weighted by Gasteiger charge is 2.33. The molecule has 3 aromatic carbocycles. The fourth-order valence-corrected chi connectivity index (χ4v) is 5.42. The molecule has 0 aliphatic heterocycles. The molecule has 3 aromatic rings. The fourth-order valence-electron chi connectivity index (χ4n) is 4.13. The minimum absolute atomic E-state index is 0.0255. The van der Waals surface area contributed by atoms with Gasteiger partial charge in [-0.15, -0.1) is 0 Å². The Morgan fingerprint density at radius 1 is 1.00 bits per heavy atom. The number of carbonyl (C=O) groups excluding carboxylic acids is 2. The summed E-state index contributed by atoms with van der Waals surface area (Å²) in [5, 5.41) is 14.2. The molecule has 212 valence electrons. The van der Waals surface area contributed by atoms with Gasteiger partial charge in [0, 0.05) is 36.1 Å². The highest BCUT2D eigenvalue weighted by atomic mass is 79.9. The van der Waals surface area contributed by atoms with Crippen molar-refractivity contribution in [2.75, 3.05) is 23.7 Å². The summed E-state index contributed by atoms with van der Waals surface area (Å²) < 4.78 is 27.2. The van der Waals surface area contributed by atoms with Crippen LogP contribution in [0.25, 0.3) is 0 Å². The Bertz CT molecular complexity index is 1450. The van der Waals surface area contributed by atoms with E-state index >= 15 is 0 Å². The van der Waals surface area contributed by atoms with Gasteiger partial charge < -0.3 is 10.2 Å². The molecular weight excluding hydrogens is 600 g/mol. The summed E-state index contributed by atoms with van der Waals surface area (Å²) in [6, 6.07) is 20.6. The quantitative estimate of drug-likeness (QED) is 0.221. The molecule has 0 aliphatic carbocycles. The van der Waals surface area contributed by atoms with Gasteiger partial charge in [-0.3, -0.25) is 24.0 Å². The van der Waals surface area contributed by atoms with Gasteiger partial charge in [-0.1, -0.05) is 71.4 Å². The van der Waals surface area contributed by atoms with Gasteiger partial charge in [0.25, 0.3) is 5.69 Å². The van der Waals surface area contributed by atoms with Gasteiger partial charge in [-0.25, -0.2) is 8.42 Å². The minimum atomic E-state index is -4.03. The lowest BCUT2D eigenvalue weighted by Gasteiger charge is -2.33. The molecule has 0 heterocycles. The van der Waals surface area contributed by atoms with E-state index in [1.54, 1.807) is 6.07 Å². The normalized spacial score (nSPS) is 11.9. The Kier molecular flexibility index (Phi) is 10.8. The number of rotatable bonds is 13. The van der Waals surface area contributed by atoms with Crippen LogP contribution in [-0.4, -0.2) is 55.4 Å². The number of carbonyl (C=O) groups is 2. The van der Waals surface area contributed by atoms with Crippen LogP contribution in [0.5, 0.6) is 0 Å². The van der Waals surface area contributed by atoms with Gasteiger partial charge in [0.1, 0.15) is 12.6 Å². The van der Waals surface area contributed by atoms with E-state index < -0.39 is 33.4 Å². The van der Waals surface area contributed by atoms with Crippen LogP contribution in [0.15, 0.2) is 83.3 Å². The molecule has 0 aromatic heterocycles. The predicted molar refractivity (Wildman–Crippen MR) is 157 cm³/mol. The maximum atomic E-state index is 14.0. The van der Waals surface area contributed by atoms with Crippen molar-refractivity contribution in [2.24, 2.45) is 0 Å². The molecule has 0 aliphatic rings. The van der Waals surface area contributed by atoms with Crippen molar-refractivity contribution in [3.63, 3.8) is 0 Å². The Morgan fingerprint density at radius 3 is 2.30 bits per heavy atom. The molecule has 3 rings (SSSR count). The van der Waals surface area contributed by atoms with Crippen LogP contribution in [0.1, 0.15) is 24.5 Å². The molecule has 0 spiro atoms. The van der Waals surface area contributed by atoms with E-state index in [4.69, 9.17) is 0 Å². The molecule has 1 atom stereocenters. The zero-order valence-corrected chi connectivity index (χ0v) is 24.6. The molecule has 0 saturated heterocycles. The van der Waals surface area contributed by atoms with Crippen LogP contribution >= 0.6 is 15.9 Å². The van der Waals surface area contributed by atoms with Crippen molar-refractivity contribution in [1.29, 1.82) is 0 Å². The number of nitrogens with zero attached hydrogens (tertiary/aromatic N) is 3. The Labute approximate surface area is 242 Å². The molecule has 10 nitrogen and oxygen atoms in total. The van der Waals surface area contributed by atoms with Crippen LogP contribution < -0.4 is 9.62 Å². The van der Waals surface area contributed by atoms with Crippen molar-refractivity contribution in [3.05, 3.63) is 105 Å². The van der Waals surface area contributed by atoms with Crippen molar-refractivity contribution in [3.8, 4) is 0 Å². The highest BCUT2D eigenvalue weighted by molar-refractivity contribution is 9.10. The monoisotopic (exact) mass is 630 g/mol. The van der Waals surface area contributed by atoms with E-state index in [-0.39, 0.29) is 30.2 Å². The van der Waals surface area contributed by atoms with Gasteiger partial charge in [0.15, 0.2) is 0 Å². The average Bonchev–Trinajstić information content (AvgIpc) is 2.92. The number of hydrogen-bond acceptors (Lipinski definition) is 6. The van der Waals surface area contributed by atoms with Gasteiger partial charge in [-0.2, -0.15) is 0 Å². The van der Waals surface area contributed by atoms with Gasteiger partial charge in [-0.05, 0) is 35.7 Å². The molecule has 40 heavy (non-hydrogen) atoms. The maximum absolute atomic E-state index is 14.0. The zero-order valence-electron chi connectivity index (χ0n) is 22.2. The molecule has 0 bridgehead atoms. The number of nitrogens with one attached hydrogen (secondary N) is 1. The summed E-state index contributed by atoms with van der Waals surface area (Å²) >= 11 is 3.43. The first-order chi connectivity index (χ1) is 19.0. The van der Waals surface area contributed by atoms with E-state index in [2.05, 4.69) is 21.2 Å². The maximum Gasteiger partial charge on any atom is 0.271 e. The van der Waals surface area contributed by atoms with Crippen LogP contribution in [0.3, 0.4) is 0 Å². The van der Waals surface area contributed by atoms with Crippen LogP contribution in [-0.2, 0) is 32.6 Å². The lowest BCUT2D eigenvalue weighted by Crippen LogP contribution is -2.53. The zero-order chi connectivity index (χ0) is 29.3. The number of hydrogen-bond donors (Lipinski definition) is 1. The molecule has 1 N–H and O–H groups in total. The molecule has 0 radical (unpaired) electrons. The Morgan fingerprint density at radius 2 is 1.68 bits per heavy atom. The number of anilines is 1. The van der Waals surface area contributed by atoms with Crippen molar-refractivity contribution >= 4 is 49.1 Å². The number of nitro benzene ring substituents is 1. The van der Waals surface area contributed by atoms with E-state index in [0.717, 1.165) is 32.2 Å². The third-order valence-corrected chi connectivity index (χ3v) is 7.70. The first-order valence-electron chi connectivity index (χ1n) is 12.6. The summed E-state index contributed by atoms with van der Waals surface area (Å²) in [5.41, 5.74) is 1.21. The first kappa shape index (κ1) is 30.8. The second-order valence-electron chi connectivity index (χ2n) is 9.19. The highest BCUT2D eigenvalue weighted by Crippen LogP contribution is 2.24. The largest absolute Gasteiger partial charge is 0.354 e. The first-order valence-corrected chi connectivity index (χ1v) is 15.2. The summed E-state index contributed by atoms with van der Waals surface area (Å²) in [5.74, 6) is -1.00. The summed E-state index contributed by atoms with van der Waals surface area (Å²) in [7, 11) is -4.03. The molecule has 2 amide bonds. The fraction of sp³-hybridized carbons (Fsp3) is 0.286. The van der Waals surface area contributed by atoms with Crippen LogP contribution in [0.4, 0.5) is 11.4 Å². The topological polar surface area (TPSA) is 130 Å². The Hall–Kier alpha value is -3.77. The molecule has 0 fully saturated rings. The molecular formula is C28H31BrN4O6S. The van der Waals surface area contributed by atoms with E-state index in [1.165, 1.54) is 23.1 Å². The van der Waals surface area contributed by atoms with Crippen molar-refractivity contribution < 1.29 is 22.9 Å². The second kappa shape index (κ2) is 14.0. The number of benzene rings is 3. The second-order valence-corrected chi connectivity index (χ2v) is 12.0. The SMILES string of the molecule is CCCNC(=O)[C@H](Cc1ccccc1)N(Cc1cccc(Br)c1)C(=O)CN(c1cccc([N+](=O)[O-])c1)S(C)(=O)=O. The number of non-ortho nitro benzene ring substituents is 1. The molecule has 0 unspecified atom stereocenters. The van der Waals surface area contributed by atoms with Crippen molar-refractivity contribution in [2.45, 2.75) is 32.4 Å². The molecule has 12 heteroatoms. The lowest BCUT2D eigenvalue weighted by molar-refractivity contribution is -0.384. The minimum Gasteiger partial charge on any atom is -0.354 e. The van der Waals surface area contributed by atoms with Crippen LogP contribution in [0, 0.1) is 10.1 Å². The van der Waals surface area contributed by atoms with Gasteiger partial charge in [0.05, 0.1) is 16.9 Å². The summed E-state index contributed by atoms with van der Waals surface area (Å²) in [6.07, 6.45) is 1.82. The summed E-state index contributed by atoms with van der Waals surface area (Å²) in [6.45, 7) is 1.70. The molecule has 0 saturated carbocycles. The standard InChI is InChI=1S/C28H31BrN4O6S/c1-3-15-30-28(35)26(17-21-9-5-4-6-10-21)31(19-22-11-7-12-23(29)16-22)27(34)20-32(40(2,38)39)24-13-8-14-25(18-24)33(36)37/h4-14,16,18,26H,3,15,17,19-20H2,1-2H3,(H,30,35)/t26-/m0/s1. The predicted octanol–water partition coefficient (Wildman–Crippen LogP) is 4.29. The third-order valence-electron chi connectivity index (χ3n) is 6.07. The van der Waals surface area contributed by atoms with Crippen molar-refractivity contribution in [1.82, 2.24) is 10.2 Å². The van der Waals surface area contributed by atoms with E-state index in [9.17, 15) is 28.1 Å².